The molecule has 0 heterocycles. The number of anilines is 1. The Morgan fingerprint density at radius 2 is 1.76 bits per heavy atom. The molecule has 0 bridgehead atoms. The minimum atomic E-state index is -0.346. The maximum absolute atomic E-state index is 12.5. The van der Waals surface area contributed by atoms with Crippen LogP contribution in [0.1, 0.15) is 47.2 Å². The third-order valence-electron chi connectivity index (χ3n) is 5.07. The molecule has 25 heavy (non-hydrogen) atoms. The first kappa shape index (κ1) is 15.9. The topological polar surface area (TPSA) is 58.2 Å². The van der Waals surface area contributed by atoms with Gasteiger partial charge < -0.3 is 10.6 Å². The van der Waals surface area contributed by atoms with Crippen LogP contribution in [0.15, 0.2) is 48.5 Å². The zero-order valence-electron chi connectivity index (χ0n) is 14.3. The maximum Gasteiger partial charge on any atom is 0.255 e. The molecule has 2 aliphatic carbocycles. The van der Waals surface area contributed by atoms with Crippen molar-refractivity contribution in [3.63, 3.8) is 0 Å². The highest BCUT2D eigenvalue weighted by Crippen LogP contribution is 2.49. The van der Waals surface area contributed by atoms with Crippen molar-refractivity contribution in [3.05, 3.63) is 65.2 Å². The van der Waals surface area contributed by atoms with Gasteiger partial charge in [0.25, 0.3) is 5.91 Å². The Labute approximate surface area is 147 Å². The molecule has 0 radical (unpaired) electrons. The molecule has 2 N–H and O–H groups in total. The molecule has 0 atom stereocenters. The van der Waals surface area contributed by atoms with Gasteiger partial charge in [-0.25, -0.2) is 0 Å². The highest BCUT2D eigenvalue weighted by molar-refractivity contribution is 6.04. The van der Waals surface area contributed by atoms with E-state index >= 15 is 0 Å². The zero-order valence-corrected chi connectivity index (χ0v) is 14.3. The Morgan fingerprint density at radius 3 is 2.36 bits per heavy atom. The molecule has 128 valence electrons. The molecule has 0 aliphatic heterocycles. The van der Waals surface area contributed by atoms with Gasteiger partial charge in [0.2, 0.25) is 5.91 Å². The number of nitrogens with one attached hydrogen (secondary N) is 2. The molecule has 0 aromatic heterocycles. The Hall–Kier alpha value is -2.62. The minimum Gasteiger partial charge on any atom is -0.353 e. The SMILES string of the molecule is Cc1cccc(C(=O)Nc2ccc(C3(C(=O)NC4CC4)CC3)cc2)c1. The van der Waals surface area contributed by atoms with Gasteiger partial charge in [-0.3, -0.25) is 9.59 Å². The summed E-state index contributed by atoms with van der Waals surface area (Å²) in [5, 5.41) is 6.04. The number of benzene rings is 2. The minimum absolute atomic E-state index is 0.121. The predicted octanol–water partition coefficient (Wildman–Crippen LogP) is 3.56. The van der Waals surface area contributed by atoms with Crippen molar-refractivity contribution < 1.29 is 9.59 Å². The highest BCUT2D eigenvalue weighted by Gasteiger charge is 2.52. The van der Waals surface area contributed by atoms with Crippen molar-refractivity contribution in [2.45, 2.75) is 44.1 Å². The van der Waals surface area contributed by atoms with Crippen molar-refractivity contribution >= 4 is 17.5 Å². The van der Waals surface area contributed by atoms with E-state index in [1.807, 2.05) is 49.4 Å². The molecule has 4 nitrogen and oxygen atoms in total. The average molecular weight is 334 g/mol. The maximum atomic E-state index is 12.5. The number of amides is 2. The second-order valence-electron chi connectivity index (χ2n) is 7.23. The summed E-state index contributed by atoms with van der Waals surface area (Å²) in [6.45, 7) is 1.97. The number of carbonyl (C=O) groups is 2. The van der Waals surface area contributed by atoms with Crippen LogP contribution in [0.25, 0.3) is 0 Å². The van der Waals surface area contributed by atoms with Crippen molar-refractivity contribution in [1.29, 1.82) is 0 Å². The molecule has 2 fully saturated rings. The van der Waals surface area contributed by atoms with E-state index in [9.17, 15) is 9.59 Å². The second kappa shape index (κ2) is 6.03. The van der Waals surface area contributed by atoms with Gasteiger partial charge in [-0.2, -0.15) is 0 Å². The van der Waals surface area contributed by atoms with Crippen LogP contribution in [-0.2, 0) is 10.2 Å². The molecule has 0 unspecified atom stereocenters. The third-order valence-corrected chi connectivity index (χ3v) is 5.07. The normalized spacial score (nSPS) is 17.6. The van der Waals surface area contributed by atoms with Crippen LogP contribution in [0, 0.1) is 6.92 Å². The van der Waals surface area contributed by atoms with Gasteiger partial charge >= 0.3 is 0 Å². The van der Waals surface area contributed by atoms with Crippen molar-refractivity contribution in [2.24, 2.45) is 0 Å². The van der Waals surface area contributed by atoms with Crippen LogP contribution >= 0.6 is 0 Å². The lowest BCUT2D eigenvalue weighted by molar-refractivity contribution is -0.123. The summed E-state index contributed by atoms with van der Waals surface area (Å²) in [5.74, 6) is 0.0376. The summed E-state index contributed by atoms with van der Waals surface area (Å²) in [7, 11) is 0. The summed E-state index contributed by atoms with van der Waals surface area (Å²) in [6.07, 6.45) is 4.01. The molecule has 4 rings (SSSR count). The van der Waals surface area contributed by atoms with Gasteiger partial charge in [0.1, 0.15) is 0 Å². The summed E-state index contributed by atoms with van der Waals surface area (Å²) >= 11 is 0. The number of aryl methyl sites for hydroxylation is 1. The molecule has 0 saturated heterocycles. The van der Waals surface area contributed by atoms with Crippen LogP contribution < -0.4 is 10.6 Å². The lowest BCUT2D eigenvalue weighted by Gasteiger charge is -2.16. The molecule has 2 saturated carbocycles. The number of hydrogen-bond acceptors (Lipinski definition) is 2. The molecule has 2 aromatic carbocycles. The Kier molecular flexibility index (Phi) is 3.83. The molecule has 4 heteroatoms. The number of carbonyl (C=O) groups excluding carboxylic acids is 2. The van der Waals surface area contributed by atoms with E-state index in [-0.39, 0.29) is 17.2 Å². The van der Waals surface area contributed by atoms with Crippen LogP contribution in [0.2, 0.25) is 0 Å². The molecular formula is C21H22N2O2. The monoisotopic (exact) mass is 334 g/mol. The predicted molar refractivity (Wildman–Crippen MR) is 97.7 cm³/mol. The first-order valence-electron chi connectivity index (χ1n) is 8.86. The average Bonchev–Trinajstić information content (AvgIpc) is 3.50. The van der Waals surface area contributed by atoms with E-state index < -0.39 is 0 Å². The lowest BCUT2D eigenvalue weighted by Crippen LogP contribution is -2.36. The quantitative estimate of drug-likeness (QED) is 0.878. The molecule has 2 aliphatic rings. The smallest absolute Gasteiger partial charge is 0.255 e. The van der Waals surface area contributed by atoms with Crippen LogP contribution in [0.5, 0.6) is 0 Å². The van der Waals surface area contributed by atoms with Gasteiger partial charge in [-0.1, -0.05) is 29.8 Å². The van der Waals surface area contributed by atoms with Gasteiger partial charge in [-0.15, -0.1) is 0 Å². The summed E-state index contributed by atoms with van der Waals surface area (Å²) in [6, 6.07) is 15.6. The lowest BCUT2D eigenvalue weighted by atomic mass is 9.94. The number of rotatable bonds is 5. The summed E-state index contributed by atoms with van der Waals surface area (Å²) < 4.78 is 0. The molecule has 2 aromatic rings. The van der Waals surface area contributed by atoms with E-state index in [1.165, 1.54) is 0 Å². The van der Waals surface area contributed by atoms with Crippen molar-refractivity contribution in [2.75, 3.05) is 5.32 Å². The van der Waals surface area contributed by atoms with Gasteiger partial charge in [0, 0.05) is 17.3 Å². The van der Waals surface area contributed by atoms with Crippen molar-refractivity contribution in [1.82, 2.24) is 5.32 Å². The van der Waals surface area contributed by atoms with Crippen LogP contribution in [-0.4, -0.2) is 17.9 Å². The number of hydrogen-bond donors (Lipinski definition) is 2. The summed E-state index contributed by atoms with van der Waals surface area (Å²) in [4.78, 5) is 24.8. The first-order valence-corrected chi connectivity index (χ1v) is 8.86. The first-order chi connectivity index (χ1) is 12.1. The van der Waals surface area contributed by atoms with E-state index in [1.54, 1.807) is 6.07 Å². The molecule has 0 spiro atoms. The largest absolute Gasteiger partial charge is 0.353 e. The van der Waals surface area contributed by atoms with Crippen LogP contribution in [0.3, 0.4) is 0 Å². The van der Waals surface area contributed by atoms with E-state index in [4.69, 9.17) is 0 Å². The van der Waals surface area contributed by atoms with Gasteiger partial charge in [0.05, 0.1) is 5.41 Å². The third kappa shape index (κ3) is 3.29. The Balaban J connectivity index is 1.45. The van der Waals surface area contributed by atoms with E-state index in [0.717, 1.165) is 42.5 Å². The summed E-state index contributed by atoms with van der Waals surface area (Å²) in [5.41, 5.74) is 3.14. The second-order valence-corrected chi connectivity index (χ2v) is 7.23. The van der Waals surface area contributed by atoms with Crippen LogP contribution in [0.4, 0.5) is 5.69 Å². The van der Waals surface area contributed by atoms with Crippen molar-refractivity contribution in [3.8, 4) is 0 Å². The fourth-order valence-electron chi connectivity index (χ4n) is 3.19. The standard InChI is InChI=1S/C21H22N2O2/c1-14-3-2-4-15(13-14)19(24)22-17-7-5-16(6-8-17)21(11-12-21)20(25)23-18-9-10-18/h2-8,13,18H,9-12H2,1H3,(H,22,24)(H,23,25). The van der Waals surface area contributed by atoms with E-state index in [2.05, 4.69) is 10.6 Å². The Bertz CT molecular complexity index is 818. The highest BCUT2D eigenvalue weighted by atomic mass is 16.2. The fraction of sp³-hybridized carbons (Fsp3) is 0.333. The molecule has 2 amide bonds. The van der Waals surface area contributed by atoms with Gasteiger partial charge in [-0.05, 0) is 62.4 Å². The zero-order chi connectivity index (χ0) is 17.4. The van der Waals surface area contributed by atoms with E-state index in [0.29, 0.717) is 11.6 Å². The van der Waals surface area contributed by atoms with Gasteiger partial charge in [0.15, 0.2) is 0 Å². The molecular weight excluding hydrogens is 312 g/mol. The Morgan fingerprint density at radius 1 is 1.04 bits per heavy atom. The fourth-order valence-corrected chi connectivity index (χ4v) is 3.19.